The van der Waals surface area contributed by atoms with Crippen molar-refractivity contribution in [2.45, 2.75) is 0 Å². The van der Waals surface area contributed by atoms with E-state index in [2.05, 4.69) is 25.9 Å². The largest absolute Gasteiger partial charge is 0.492 e. The van der Waals surface area contributed by atoms with Crippen molar-refractivity contribution in [3.05, 3.63) is 22.3 Å². The first-order chi connectivity index (χ1) is 5.70. The van der Waals surface area contributed by atoms with Crippen LogP contribution in [0.4, 0.5) is 0 Å². The molecule has 0 unspecified atom stereocenters. The first kappa shape index (κ1) is 7.82. The SMILES string of the molecule is Oc1nc(Cl)c(Br)n2cncc12. The van der Waals surface area contributed by atoms with E-state index in [1.165, 1.54) is 12.5 Å². The van der Waals surface area contributed by atoms with Crippen LogP contribution in [0.3, 0.4) is 0 Å². The fourth-order valence-electron chi connectivity index (χ4n) is 0.913. The number of fused-ring (bicyclic) bond motifs is 1. The van der Waals surface area contributed by atoms with Gasteiger partial charge in [0, 0.05) is 0 Å². The number of imidazole rings is 1. The minimum Gasteiger partial charge on any atom is -0.492 e. The lowest BCUT2D eigenvalue weighted by Gasteiger charge is -2.00. The van der Waals surface area contributed by atoms with E-state index in [1.807, 2.05) is 0 Å². The molecule has 0 fully saturated rings. The highest BCUT2D eigenvalue weighted by Crippen LogP contribution is 2.26. The molecule has 2 aromatic rings. The molecule has 0 radical (unpaired) electrons. The van der Waals surface area contributed by atoms with Crippen LogP contribution >= 0.6 is 27.5 Å². The summed E-state index contributed by atoms with van der Waals surface area (Å²) in [7, 11) is 0. The Hall–Kier alpha value is -0.810. The average molecular weight is 248 g/mol. The summed E-state index contributed by atoms with van der Waals surface area (Å²) in [5.74, 6) is -0.124. The number of hydrogen-bond acceptors (Lipinski definition) is 3. The van der Waals surface area contributed by atoms with Gasteiger partial charge in [0.25, 0.3) is 0 Å². The number of nitrogens with zero attached hydrogens (tertiary/aromatic N) is 3. The highest BCUT2D eigenvalue weighted by molar-refractivity contribution is 9.10. The monoisotopic (exact) mass is 247 g/mol. The summed E-state index contributed by atoms with van der Waals surface area (Å²) < 4.78 is 2.18. The van der Waals surface area contributed by atoms with E-state index >= 15 is 0 Å². The van der Waals surface area contributed by atoms with Gasteiger partial charge in [-0.25, -0.2) is 4.98 Å². The molecule has 0 aromatic carbocycles. The van der Waals surface area contributed by atoms with Crippen molar-refractivity contribution in [1.29, 1.82) is 0 Å². The predicted molar refractivity (Wildman–Crippen MR) is 47.4 cm³/mol. The Labute approximate surface area is 81.0 Å². The maximum atomic E-state index is 9.29. The summed E-state index contributed by atoms with van der Waals surface area (Å²) in [5, 5.41) is 9.49. The van der Waals surface area contributed by atoms with Crippen LogP contribution in [0, 0.1) is 0 Å². The van der Waals surface area contributed by atoms with E-state index in [0.717, 1.165) is 0 Å². The van der Waals surface area contributed by atoms with Crippen molar-refractivity contribution in [1.82, 2.24) is 14.4 Å². The molecule has 4 nitrogen and oxygen atoms in total. The fraction of sp³-hybridized carbons (Fsp3) is 0. The molecule has 0 aliphatic heterocycles. The van der Waals surface area contributed by atoms with Crippen molar-refractivity contribution in [3.63, 3.8) is 0 Å². The van der Waals surface area contributed by atoms with Gasteiger partial charge in [-0.1, -0.05) is 11.6 Å². The Bertz CT molecular complexity index is 442. The summed E-state index contributed by atoms with van der Waals surface area (Å²) in [6, 6.07) is 0. The van der Waals surface area contributed by atoms with Gasteiger partial charge in [0.1, 0.15) is 16.4 Å². The molecular weight excluding hydrogens is 245 g/mol. The molecule has 0 aliphatic rings. The standard InChI is InChI=1S/C6H3BrClN3O/c7-4-5(8)10-6(12)3-1-9-2-11(3)4/h1-2H,(H,10,12). The zero-order valence-electron chi connectivity index (χ0n) is 5.70. The molecule has 62 valence electrons. The van der Waals surface area contributed by atoms with Crippen LogP contribution in [0.5, 0.6) is 5.88 Å². The predicted octanol–water partition coefficient (Wildman–Crippen LogP) is 1.85. The molecule has 0 atom stereocenters. The maximum Gasteiger partial charge on any atom is 0.239 e. The van der Waals surface area contributed by atoms with Crippen LogP contribution in [0.2, 0.25) is 5.15 Å². The van der Waals surface area contributed by atoms with Crippen molar-refractivity contribution in [2.75, 3.05) is 0 Å². The topological polar surface area (TPSA) is 50.4 Å². The minimum absolute atomic E-state index is 0.124. The molecule has 0 saturated carbocycles. The lowest BCUT2D eigenvalue weighted by molar-refractivity contribution is 0.457. The fourth-order valence-corrected chi connectivity index (χ4v) is 1.46. The number of hydrogen-bond donors (Lipinski definition) is 1. The molecular formula is C6H3BrClN3O. The highest BCUT2D eigenvalue weighted by Gasteiger charge is 2.08. The third kappa shape index (κ3) is 0.971. The third-order valence-electron chi connectivity index (χ3n) is 1.45. The third-order valence-corrected chi connectivity index (χ3v) is 2.70. The molecule has 0 aliphatic carbocycles. The molecule has 2 aromatic heterocycles. The van der Waals surface area contributed by atoms with Crippen LogP contribution in [-0.4, -0.2) is 19.5 Å². The van der Waals surface area contributed by atoms with Crippen LogP contribution in [0.1, 0.15) is 0 Å². The van der Waals surface area contributed by atoms with Gasteiger partial charge >= 0.3 is 0 Å². The molecule has 0 spiro atoms. The quantitative estimate of drug-likeness (QED) is 0.774. The van der Waals surface area contributed by atoms with E-state index in [0.29, 0.717) is 10.1 Å². The Morgan fingerprint density at radius 1 is 1.58 bits per heavy atom. The first-order valence-corrected chi connectivity index (χ1v) is 4.23. The van der Waals surface area contributed by atoms with Crippen molar-refractivity contribution in [3.8, 4) is 5.88 Å². The molecule has 6 heteroatoms. The summed E-state index contributed by atoms with van der Waals surface area (Å²) >= 11 is 8.89. The van der Waals surface area contributed by atoms with E-state index in [4.69, 9.17) is 11.6 Å². The zero-order chi connectivity index (χ0) is 8.72. The van der Waals surface area contributed by atoms with Gasteiger partial charge in [-0.05, 0) is 15.9 Å². The Balaban J connectivity index is 2.97. The van der Waals surface area contributed by atoms with Gasteiger partial charge in [0.05, 0.1) is 6.20 Å². The van der Waals surface area contributed by atoms with Gasteiger partial charge in [-0.3, -0.25) is 4.40 Å². The van der Waals surface area contributed by atoms with Crippen LogP contribution < -0.4 is 0 Å². The highest BCUT2D eigenvalue weighted by atomic mass is 79.9. The average Bonchev–Trinajstić information content (AvgIpc) is 2.48. The number of aromatic nitrogens is 3. The van der Waals surface area contributed by atoms with E-state index in [9.17, 15) is 5.11 Å². The molecule has 1 N–H and O–H groups in total. The zero-order valence-corrected chi connectivity index (χ0v) is 8.04. The molecule has 0 bridgehead atoms. The van der Waals surface area contributed by atoms with Gasteiger partial charge < -0.3 is 5.11 Å². The Morgan fingerprint density at radius 3 is 3.08 bits per heavy atom. The molecule has 2 heterocycles. The second kappa shape index (κ2) is 2.60. The number of aromatic hydroxyl groups is 1. The smallest absolute Gasteiger partial charge is 0.239 e. The number of rotatable bonds is 0. The van der Waals surface area contributed by atoms with Crippen LogP contribution in [-0.2, 0) is 0 Å². The lowest BCUT2D eigenvalue weighted by atomic mass is 10.5. The maximum absolute atomic E-state index is 9.29. The van der Waals surface area contributed by atoms with E-state index in [1.54, 1.807) is 4.40 Å². The molecule has 0 saturated heterocycles. The van der Waals surface area contributed by atoms with Crippen molar-refractivity contribution in [2.24, 2.45) is 0 Å². The molecule has 12 heavy (non-hydrogen) atoms. The summed E-state index contributed by atoms with van der Waals surface area (Å²) in [6.45, 7) is 0. The van der Waals surface area contributed by atoms with Gasteiger partial charge in [0.2, 0.25) is 5.88 Å². The second-order valence-electron chi connectivity index (χ2n) is 2.17. The summed E-state index contributed by atoms with van der Waals surface area (Å²) in [5.41, 5.74) is 0.520. The Morgan fingerprint density at radius 2 is 2.33 bits per heavy atom. The van der Waals surface area contributed by atoms with Crippen LogP contribution in [0.25, 0.3) is 5.52 Å². The second-order valence-corrected chi connectivity index (χ2v) is 3.28. The van der Waals surface area contributed by atoms with E-state index in [-0.39, 0.29) is 11.0 Å². The van der Waals surface area contributed by atoms with Gasteiger partial charge in [-0.15, -0.1) is 0 Å². The summed E-state index contributed by atoms with van der Waals surface area (Å²) in [4.78, 5) is 7.53. The number of halogens is 2. The van der Waals surface area contributed by atoms with Crippen LogP contribution in [0.15, 0.2) is 17.1 Å². The molecule has 0 amide bonds. The lowest BCUT2D eigenvalue weighted by Crippen LogP contribution is -1.89. The Kier molecular flexibility index (Phi) is 1.69. The first-order valence-electron chi connectivity index (χ1n) is 3.06. The van der Waals surface area contributed by atoms with Crippen molar-refractivity contribution >= 4 is 33.0 Å². The van der Waals surface area contributed by atoms with Gasteiger partial charge in [0.15, 0.2) is 5.15 Å². The summed E-state index contributed by atoms with van der Waals surface area (Å²) in [6.07, 6.45) is 3.04. The van der Waals surface area contributed by atoms with E-state index < -0.39 is 0 Å². The molecule has 2 rings (SSSR count). The van der Waals surface area contributed by atoms with Gasteiger partial charge in [-0.2, -0.15) is 4.98 Å². The van der Waals surface area contributed by atoms with Crippen molar-refractivity contribution < 1.29 is 5.11 Å². The minimum atomic E-state index is -0.124. The normalized spacial score (nSPS) is 10.8.